The number of nitrogens with zero attached hydrogens (tertiary/aromatic N) is 2. The van der Waals surface area contributed by atoms with Crippen LogP contribution in [0.25, 0.3) is 0 Å². The van der Waals surface area contributed by atoms with Gasteiger partial charge in [0.2, 0.25) is 0 Å². The zero-order valence-corrected chi connectivity index (χ0v) is 21.2. The molecule has 0 unspecified atom stereocenters. The molecule has 2 heterocycles. The van der Waals surface area contributed by atoms with Crippen LogP contribution in [-0.4, -0.2) is 37.2 Å². The number of amides is 1. The van der Waals surface area contributed by atoms with Crippen molar-refractivity contribution in [1.29, 1.82) is 0 Å². The Hall–Kier alpha value is -3.38. The Balaban J connectivity index is 1.35. The highest BCUT2D eigenvalue weighted by Gasteiger charge is 2.17. The van der Waals surface area contributed by atoms with Crippen LogP contribution >= 0.6 is 11.6 Å². The molecule has 0 aromatic heterocycles. The van der Waals surface area contributed by atoms with Gasteiger partial charge in [-0.05, 0) is 93.1 Å². The summed E-state index contributed by atoms with van der Waals surface area (Å²) >= 11 is 5.91. The number of aromatic hydroxyl groups is 1. The number of benzene rings is 3. The van der Waals surface area contributed by atoms with E-state index in [-0.39, 0.29) is 11.7 Å². The maximum atomic E-state index is 12.5. The molecule has 7 heteroatoms. The van der Waals surface area contributed by atoms with E-state index in [9.17, 15) is 9.90 Å². The van der Waals surface area contributed by atoms with Gasteiger partial charge in [-0.2, -0.15) is 0 Å². The average molecular weight is 505 g/mol. The molecule has 3 N–H and O–H groups in total. The zero-order chi connectivity index (χ0) is 24.9. The van der Waals surface area contributed by atoms with Crippen LogP contribution in [0, 0.1) is 0 Å². The number of anilines is 5. The summed E-state index contributed by atoms with van der Waals surface area (Å²) in [6.07, 6.45) is 7.52. The van der Waals surface area contributed by atoms with Crippen LogP contribution in [0.4, 0.5) is 28.4 Å². The highest BCUT2D eigenvalue weighted by molar-refractivity contribution is 6.30. The summed E-state index contributed by atoms with van der Waals surface area (Å²) in [4.78, 5) is 17.5. The highest BCUT2D eigenvalue weighted by Crippen LogP contribution is 2.34. The lowest BCUT2D eigenvalue weighted by Crippen LogP contribution is -2.31. The molecule has 0 saturated carbocycles. The van der Waals surface area contributed by atoms with E-state index in [1.54, 1.807) is 36.4 Å². The number of hydrogen-bond acceptors (Lipinski definition) is 5. The molecule has 6 nitrogen and oxygen atoms in total. The van der Waals surface area contributed by atoms with Gasteiger partial charge in [-0.15, -0.1) is 0 Å². The van der Waals surface area contributed by atoms with Gasteiger partial charge in [-0.25, -0.2) is 0 Å². The van der Waals surface area contributed by atoms with Gasteiger partial charge in [0.15, 0.2) is 0 Å². The van der Waals surface area contributed by atoms with Crippen LogP contribution in [0.5, 0.6) is 5.75 Å². The fraction of sp³-hybridized carbons (Fsp3) is 0.345. The minimum atomic E-state index is -0.303. The monoisotopic (exact) mass is 504 g/mol. The summed E-state index contributed by atoms with van der Waals surface area (Å²) in [7, 11) is 0. The fourth-order valence-electron chi connectivity index (χ4n) is 5.01. The molecule has 2 fully saturated rings. The Kier molecular flexibility index (Phi) is 7.52. The standard InChI is InChI=1S/C29H33ClN4O2/c30-22-9-7-21(8-10-22)29(36)32-27-12-11-23(19-28(27)35)31-24-17-25(33-13-3-1-4-14-33)20-26(18-24)34-15-5-2-6-16-34/h7-12,17-20,31,35H,1-6,13-16H2,(H,32,36). The first kappa shape index (κ1) is 24.3. The molecule has 2 aliphatic heterocycles. The zero-order valence-electron chi connectivity index (χ0n) is 20.5. The molecular weight excluding hydrogens is 472 g/mol. The van der Waals surface area contributed by atoms with E-state index in [1.807, 2.05) is 6.07 Å². The van der Waals surface area contributed by atoms with Crippen LogP contribution in [0.1, 0.15) is 48.9 Å². The highest BCUT2D eigenvalue weighted by atomic mass is 35.5. The molecule has 0 spiro atoms. The van der Waals surface area contributed by atoms with Crippen LogP contribution in [0.15, 0.2) is 60.7 Å². The largest absolute Gasteiger partial charge is 0.506 e. The number of carbonyl (C=O) groups is 1. The lowest BCUT2D eigenvalue weighted by Gasteiger charge is -2.33. The number of nitrogens with one attached hydrogen (secondary N) is 2. The molecular formula is C29H33ClN4O2. The van der Waals surface area contributed by atoms with E-state index >= 15 is 0 Å². The molecule has 5 rings (SSSR count). The number of phenols is 1. The van der Waals surface area contributed by atoms with Crippen molar-refractivity contribution in [2.24, 2.45) is 0 Å². The van der Waals surface area contributed by atoms with Crippen molar-refractivity contribution in [2.75, 3.05) is 46.6 Å². The van der Waals surface area contributed by atoms with E-state index in [0.29, 0.717) is 16.3 Å². The van der Waals surface area contributed by atoms with E-state index in [0.717, 1.165) is 37.6 Å². The number of halogens is 1. The van der Waals surface area contributed by atoms with Crippen molar-refractivity contribution in [1.82, 2.24) is 0 Å². The third-order valence-corrected chi connectivity index (χ3v) is 7.24. The molecule has 0 radical (unpaired) electrons. The number of rotatable bonds is 6. The van der Waals surface area contributed by atoms with Gasteiger partial charge >= 0.3 is 0 Å². The average Bonchev–Trinajstić information content (AvgIpc) is 2.91. The molecule has 188 valence electrons. The Labute approximate surface area is 217 Å². The molecule has 36 heavy (non-hydrogen) atoms. The SMILES string of the molecule is O=C(Nc1ccc(Nc2cc(N3CCCCC3)cc(N3CCCCC3)c2)cc1O)c1ccc(Cl)cc1. The summed E-state index contributed by atoms with van der Waals surface area (Å²) < 4.78 is 0. The van der Waals surface area contributed by atoms with Crippen molar-refractivity contribution in [3.05, 3.63) is 71.2 Å². The van der Waals surface area contributed by atoms with Crippen LogP contribution in [-0.2, 0) is 0 Å². The van der Waals surface area contributed by atoms with E-state index < -0.39 is 0 Å². The van der Waals surface area contributed by atoms with Gasteiger partial charge < -0.3 is 25.5 Å². The van der Waals surface area contributed by atoms with E-state index in [4.69, 9.17) is 11.6 Å². The summed E-state index contributed by atoms with van der Waals surface area (Å²) in [5, 5.41) is 17.5. The third kappa shape index (κ3) is 5.88. The molecule has 2 aliphatic rings. The molecule has 0 atom stereocenters. The Bertz CT molecular complexity index is 1170. The predicted octanol–water partition coefficient (Wildman–Crippen LogP) is 7.02. The summed E-state index contributed by atoms with van der Waals surface area (Å²) in [6.45, 7) is 4.36. The van der Waals surface area contributed by atoms with Gasteiger partial charge in [-0.1, -0.05) is 11.6 Å². The first-order valence-corrected chi connectivity index (χ1v) is 13.2. The van der Waals surface area contributed by atoms with E-state index in [1.165, 1.54) is 49.9 Å². The molecule has 2 saturated heterocycles. The van der Waals surface area contributed by atoms with Crippen molar-refractivity contribution in [2.45, 2.75) is 38.5 Å². The first-order valence-electron chi connectivity index (χ1n) is 12.9. The fourth-order valence-corrected chi connectivity index (χ4v) is 5.14. The van der Waals surface area contributed by atoms with Crippen LogP contribution < -0.4 is 20.4 Å². The minimum Gasteiger partial charge on any atom is -0.506 e. The molecule has 1 amide bonds. The maximum absolute atomic E-state index is 12.5. The van der Waals surface area contributed by atoms with Crippen LogP contribution in [0.3, 0.4) is 0 Å². The summed E-state index contributed by atoms with van der Waals surface area (Å²) in [5.41, 5.74) is 5.08. The van der Waals surface area contributed by atoms with E-state index in [2.05, 4.69) is 38.6 Å². The Morgan fingerprint density at radius 2 is 1.31 bits per heavy atom. The second-order valence-electron chi connectivity index (χ2n) is 9.65. The molecule has 3 aromatic rings. The number of carbonyl (C=O) groups excluding carboxylic acids is 1. The maximum Gasteiger partial charge on any atom is 0.255 e. The molecule has 3 aromatic carbocycles. The first-order chi connectivity index (χ1) is 17.5. The van der Waals surface area contributed by atoms with Gasteiger partial charge in [-0.3, -0.25) is 4.79 Å². The smallest absolute Gasteiger partial charge is 0.255 e. The van der Waals surface area contributed by atoms with Crippen molar-refractivity contribution in [3.63, 3.8) is 0 Å². The predicted molar refractivity (Wildman–Crippen MR) is 149 cm³/mol. The summed E-state index contributed by atoms with van der Waals surface area (Å²) in [5.74, 6) is -0.297. The lowest BCUT2D eigenvalue weighted by molar-refractivity contribution is 0.102. The van der Waals surface area contributed by atoms with Gasteiger partial charge in [0, 0.05) is 65.6 Å². The normalized spacial score (nSPS) is 16.0. The quantitative estimate of drug-likeness (QED) is 0.315. The Morgan fingerprint density at radius 3 is 1.86 bits per heavy atom. The van der Waals surface area contributed by atoms with Gasteiger partial charge in [0.05, 0.1) is 5.69 Å². The third-order valence-electron chi connectivity index (χ3n) is 6.99. The second-order valence-corrected chi connectivity index (χ2v) is 10.1. The molecule has 0 aliphatic carbocycles. The Morgan fingerprint density at radius 1 is 0.722 bits per heavy atom. The summed E-state index contributed by atoms with van der Waals surface area (Å²) in [6, 6.07) is 18.6. The van der Waals surface area contributed by atoms with Crippen molar-refractivity contribution >= 4 is 45.9 Å². The van der Waals surface area contributed by atoms with Crippen molar-refractivity contribution < 1.29 is 9.90 Å². The number of hydrogen-bond donors (Lipinski definition) is 3. The number of piperidine rings is 2. The van der Waals surface area contributed by atoms with Gasteiger partial charge in [0.25, 0.3) is 5.91 Å². The topological polar surface area (TPSA) is 67.8 Å². The van der Waals surface area contributed by atoms with Gasteiger partial charge in [0.1, 0.15) is 5.75 Å². The minimum absolute atomic E-state index is 0.00533. The molecule has 0 bridgehead atoms. The van der Waals surface area contributed by atoms with Crippen molar-refractivity contribution in [3.8, 4) is 5.75 Å². The second kappa shape index (κ2) is 11.1. The number of phenolic OH excluding ortho intramolecular Hbond substituents is 1. The lowest BCUT2D eigenvalue weighted by atomic mass is 10.1. The van der Waals surface area contributed by atoms with Crippen LogP contribution in [0.2, 0.25) is 5.02 Å².